The lowest BCUT2D eigenvalue weighted by Crippen LogP contribution is -1.91. The topological polar surface area (TPSA) is 43.8 Å². The molecule has 1 saturated carbocycles. The maximum Gasteiger partial charge on any atom is 0.0960 e. The number of hydrogen-bond acceptors (Lipinski definition) is 2. The van der Waals surface area contributed by atoms with Gasteiger partial charge in [0.2, 0.25) is 0 Å². The number of aromatic nitrogens is 2. The van der Waals surface area contributed by atoms with E-state index >= 15 is 0 Å². The number of rotatable bonds is 1. The maximum absolute atomic E-state index is 5.98. The van der Waals surface area contributed by atoms with E-state index in [9.17, 15) is 0 Å². The number of halogens is 1. The lowest BCUT2D eigenvalue weighted by molar-refractivity contribution is 0.766. The molecule has 2 N–H and O–H groups in total. The third-order valence-corrected chi connectivity index (χ3v) is 2.96. The van der Waals surface area contributed by atoms with E-state index in [0.717, 1.165) is 11.0 Å². The molecule has 2 aromatic rings. The molecule has 0 saturated heterocycles. The van der Waals surface area contributed by atoms with E-state index < -0.39 is 0 Å². The highest BCUT2D eigenvalue weighted by atomic mass is 35.5. The van der Waals surface area contributed by atoms with Crippen LogP contribution in [0.2, 0.25) is 5.02 Å². The maximum atomic E-state index is 5.98. The highest BCUT2D eigenvalue weighted by molar-refractivity contribution is 6.33. The molecule has 72 valence electrons. The summed E-state index contributed by atoms with van der Waals surface area (Å²) in [6.07, 6.45) is 4.36. The fourth-order valence-electron chi connectivity index (χ4n) is 1.71. The molecule has 0 unspecified atom stereocenters. The SMILES string of the molecule is Nc1cc2ncn(C3CC3)c2cc1Cl. The second-order valence-corrected chi connectivity index (χ2v) is 4.15. The molecular weight excluding hydrogens is 198 g/mol. The lowest BCUT2D eigenvalue weighted by Gasteiger charge is -2.02. The summed E-state index contributed by atoms with van der Waals surface area (Å²) in [6.45, 7) is 0. The van der Waals surface area contributed by atoms with E-state index in [1.54, 1.807) is 0 Å². The Hall–Kier alpha value is -1.22. The molecule has 0 atom stereocenters. The first-order valence-corrected chi connectivity index (χ1v) is 5.05. The van der Waals surface area contributed by atoms with Crippen LogP contribution >= 0.6 is 11.6 Å². The summed E-state index contributed by atoms with van der Waals surface area (Å²) in [6, 6.07) is 4.35. The van der Waals surface area contributed by atoms with E-state index in [4.69, 9.17) is 17.3 Å². The molecule has 0 amide bonds. The van der Waals surface area contributed by atoms with Crippen molar-refractivity contribution in [3.8, 4) is 0 Å². The Morgan fingerprint density at radius 1 is 1.43 bits per heavy atom. The summed E-state index contributed by atoms with van der Waals surface area (Å²) in [7, 11) is 0. The Balaban J connectivity index is 2.29. The first-order chi connectivity index (χ1) is 6.75. The summed E-state index contributed by atoms with van der Waals surface area (Å²) in [5.74, 6) is 0. The molecule has 1 fully saturated rings. The molecule has 0 radical (unpaired) electrons. The zero-order valence-electron chi connectivity index (χ0n) is 7.57. The minimum absolute atomic E-state index is 0.597. The van der Waals surface area contributed by atoms with Gasteiger partial charge in [-0.3, -0.25) is 0 Å². The molecule has 1 aliphatic carbocycles. The van der Waals surface area contributed by atoms with Gasteiger partial charge in [-0.1, -0.05) is 11.6 Å². The van der Waals surface area contributed by atoms with Crippen LogP contribution in [0.3, 0.4) is 0 Å². The molecule has 0 spiro atoms. The zero-order valence-corrected chi connectivity index (χ0v) is 8.33. The van der Waals surface area contributed by atoms with Crippen LogP contribution in [0.25, 0.3) is 11.0 Å². The summed E-state index contributed by atoms with van der Waals surface area (Å²) in [5, 5.41) is 0.611. The van der Waals surface area contributed by atoms with E-state index in [2.05, 4.69) is 9.55 Å². The van der Waals surface area contributed by atoms with E-state index in [1.165, 1.54) is 12.8 Å². The van der Waals surface area contributed by atoms with Crippen molar-refractivity contribution >= 4 is 28.3 Å². The summed E-state index contributed by atoms with van der Waals surface area (Å²) in [5.41, 5.74) is 8.32. The average molecular weight is 208 g/mol. The van der Waals surface area contributed by atoms with E-state index in [1.807, 2.05) is 18.5 Å². The van der Waals surface area contributed by atoms with Crippen LogP contribution in [0.4, 0.5) is 5.69 Å². The van der Waals surface area contributed by atoms with Crippen LogP contribution < -0.4 is 5.73 Å². The molecule has 0 bridgehead atoms. The van der Waals surface area contributed by atoms with Crippen LogP contribution in [0, 0.1) is 0 Å². The van der Waals surface area contributed by atoms with Crippen molar-refractivity contribution in [3.63, 3.8) is 0 Å². The van der Waals surface area contributed by atoms with Gasteiger partial charge in [0.1, 0.15) is 0 Å². The first kappa shape index (κ1) is 8.12. The predicted octanol–water partition coefficient (Wildman–Crippen LogP) is 2.61. The summed E-state index contributed by atoms with van der Waals surface area (Å²) < 4.78 is 2.18. The molecule has 14 heavy (non-hydrogen) atoms. The van der Waals surface area contributed by atoms with E-state index in [-0.39, 0.29) is 0 Å². The molecular formula is C10H10ClN3. The highest BCUT2D eigenvalue weighted by Crippen LogP contribution is 2.38. The van der Waals surface area contributed by atoms with Crippen molar-refractivity contribution in [2.75, 3.05) is 5.73 Å². The molecule has 0 aliphatic heterocycles. The van der Waals surface area contributed by atoms with Crippen molar-refractivity contribution in [3.05, 3.63) is 23.5 Å². The van der Waals surface area contributed by atoms with Gasteiger partial charge in [0.25, 0.3) is 0 Å². The van der Waals surface area contributed by atoms with Gasteiger partial charge in [-0.2, -0.15) is 0 Å². The minimum Gasteiger partial charge on any atom is -0.397 e. The molecule has 1 aromatic heterocycles. The van der Waals surface area contributed by atoms with Gasteiger partial charge in [-0.05, 0) is 25.0 Å². The fraction of sp³-hybridized carbons (Fsp3) is 0.300. The number of hydrogen-bond donors (Lipinski definition) is 1. The Labute approximate surface area is 86.5 Å². The predicted molar refractivity (Wildman–Crippen MR) is 57.4 cm³/mol. The smallest absolute Gasteiger partial charge is 0.0960 e. The third kappa shape index (κ3) is 1.09. The molecule has 1 heterocycles. The number of benzene rings is 1. The van der Waals surface area contributed by atoms with Gasteiger partial charge >= 0.3 is 0 Å². The third-order valence-electron chi connectivity index (χ3n) is 2.63. The van der Waals surface area contributed by atoms with Crippen LogP contribution in [0.15, 0.2) is 18.5 Å². The Bertz CT molecular complexity index is 499. The summed E-state index contributed by atoms with van der Waals surface area (Å²) >= 11 is 5.98. The Morgan fingerprint density at radius 2 is 2.21 bits per heavy atom. The standard InChI is InChI=1S/C10H10ClN3/c11-7-3-10-9(4-8(7)12)13-5-14(10)6-1-2-6/h3-6H,1-2,12H2. The van der Waals surface area contributed by atoms with Crippen molar-refractivity contribution in [2.45, 2.75) is 18.9 Å². The van der Waals surface area contributed by atoms with Crippen LogP contribution in [-0.2, 0) is 0 Å². The van der Waals surface area contributed by atoms with Crippen molar-refractivity contribution in [1.82, 2.24) is 9.55 Å². The second kappa shape index (κ2) is 2.64. The second-order valence-electron chi connectivity index (χ2n) is 3.75. The number of imidazole rings is 1. The van der Waals surface area contributed by atoms with Gasteiger partial charge in [0.15, 0.2) is 0 Å². The van der Waals surface area contributed by atoms with Crippen LogP contribution in [-0.4, -0.2) is 9.55 Å². The monoisotopic (exact) mass is 207 g/mol. The van der Waals surface area contributed by atoms with Crippen LogP contribution in [0.5, 0.6) is 0 Å². The quantitative estimate of drug-likeness (QED) is 0.731. The Morgan fingerprint density at radius 3 is 2.93 bits per heavy atom. The van der Waals surface area contributed by atoms with Crippen molar-refractivity contribution in [1.29, 1.82) is 0 Å². The minimum atomic E-state index is 0.597. The fourth-order valence-corrected chi connectivity index (χ4v) is 1.87. The lowest BCUT2D eigenvalue weighted by atomic mass is 10.3. The van der Waals surface area contributed by atoms with Gasteiger partial charge in [0, 0.05) is 6.04 Å². The van der Waals surface area contributed by atoms with Crippen LogP contribution in [0.1, 0.15) is 18.9 Å². The largest absolute Gasteiger partial charge is 0.397 e. The number of fused-ring (bicyclic) bond motifs is 1. The first-order valence-electron chi connectivity index (χ1n) is 4.67. The molecule has 1 aromatic carbocycles. The van der Waals surface area contributed by atoms with Gasteiger partial charge in [0.05, 0.1) is 28.1 Å². The number of nitrogen functional groups attached to an aromatic ring is 1. The normalized spacial score (nSPS) is 16.4. The van der Waals surface area contributed by atoms with Gasteiger partial charge < -0.3 is 10.3 Å². The highest BCUT2D eigenvalue weighted by Gasteiger charge is 2.25. The molecule has 1 aliphatic rings. The molecule has 3 nitrogen and oxygen atoms in total. The number of nitrogens with zero attached hydrogens (tertiary/aromatic N) is 2. The molecule has 3 rings (SSSR count). The van der Waals surface area contributed by atoms with Crippen molar-refractivity contribution < 1.29 is 0 Å². The average Bonchev–Trinajstić information content (AvgIpc) is 2.91. The van der Waals surface area contributed by atoms with Gasteiger partial charge in [-0.15, -0.1) is 0 Å². The zero-order chi connectivity index (χ0) is 9.71. The molecule has 4 heteroatoms. The number of anilines is 1. The number of nitrogens with two attached hydrogens (primary N) is 1. The van der Waals surface area contributed by atoms with Crippen molar-refractivity contribution in [2.24, 2.45) is 0 Å². The van der Waals surface area contributed by atoms with E-state index in [0.29, 0.717) is 16.8 Å². The Kier molecular flexibility index (Phi) is 1.53. The van der Waals surface area contributed by atoms with Gasteiger partial charge in [-0.25, -0.2) is 4.98 Å². The summed E-state index contributed by atoms with van der Waals surface area (Å²) in [4.78, 5) is 4.31.